The molecule has 1 amide bonds. The highest BCUT2D eigenvalue weighted by atomic mass is 79.9. The third kappa shape index (κ3) is 4.21. The van der Waals surface area contributed by atoms with Crippen LogP contribution in [0.4, 0.5) is 11.4 Å². The van der Waals surface area contributed by atoms with E-state index in [-0.39, 0.29) is 5.91 Å². The third-order valence-electron chi connectivity index (χ3n) is 2.70. The number of nitrogen functional groups attached to an aromatic ring is 1. The summed E-state index contributed by atoms with van der Waals surface area (Å²) >= 11 is 9.05. The van der Waals surface area contributed by atoms with E-state index in [2.05, 4.69) is 26.2 Å². The zero-order valence-electron chi connectivity index (χ0n) is 10.6. The molecule has 6 heteroatoms. The first kappa shape index (κ1) is 14.8. The smallest absolute Gasteiger partial charge is 0.224 e. The number of hydrogen-bond acceptors (Lipinski definition) is 3. The van der Waals surface area contributed by atoms with Gasteiger partial charge in [0.2, 0.25) is 5.91 Å². The fraction of sp³-hybridized carbons (Fsp3) is 0.143. The Morgan fingerprint density at radius 2 is 2.05 bits per heavy atom. The Hall–Kier alpha value is -1.59. The van der Waals surface area contributed by atoms with Gasteiger partial charge in [-0.1, -0.05) is 23.7 Å². The van der Waals surface area contributed by atoms with Crippen molar-refractivity contribution in [2.45, 2.75) is 12.8 Å². The number of carbonyl (C=O) groups excluding carboxylic acids is 1. The number of hydrogen-bond donors (Lipinski definition) is 2. The van der Waals surface area contributed by atoms with Crippen molar-refractivity contribution >= 4 is 44.8 Å². The van der Waals surface area contributed by atoms with Gasteiger partial charge in [0.25, 0.3) is 0 Å². The maximum absolute atomic E-state index is 11.8. The number of anilines is 2. The van der Waals surface area contributed by atoms with Crippen LogP contribution in [0, 0.1) is 0 Å². The maximum Gasteiger partial charge on any atom is 0.224 e. The van der Waals surface area contributed by atoms with Crippen LogP contribution in [0.2, 0.25) is 5.15 Å². The molecule has 3 N–H and O–H groups in total. The van der Waals surface area contributed by atoms with Crippen LogP contribution >= 0.6 is 27.5 Å². The summed E-state index contributed by atoms with van der Waals surface area (Å²) in [5, 5.41) is 3.14. The maximum atomic E-state index is 11.8. The number of carbonyl (C=O) groups is 1. The van der Waals surface area contributed by atoms with Crippen LogP contribution in [0.25, 0.3) is 0 Å². The van der Waals surface area contributed by atoms with E-state index in [1.807, 2.05) is 24.3 Å². The van der Waals surface area contributed by atoms with Crippen LogP contribution in [0.3, 0.4) is 0 Å². The van der Waals surface area contributed by atoms with Crippen molar-refractivity contribution in [2.75, 3.05) is 11.1 Å². The molecule has 1 heterocycles. The minimum absolute atomic E-state index is 0.0714. The number of nitrogens with two attached hydrogens (primary N) is 1. The summed E-state index contributed by atoms with van der Waals surface area (Å²) in [6.07, 6.45) is 2.58. The van der Waals surface area contributed by atoms with Crippen molar-refractivity contribution in [3.63, 3.8) is 0 Å². The Kier molecular flexibility index (Phi) is 4.98. The molecule has 0 aliphatic rings. The number of rotatable bonds is 4. The SMILES string of the molecule is Nc1ccc(CCC(=O)Nc2cnc(Cl)c(Br)c2)cc1. The second kappa shape index (κ2) is 6.72. The van der Waals surface area contributed by atoms with Gasteiger partial charge >= 0.3 is 0 Å². The molecule has 0 unspecified atom stereocenters. The summed E-state index contributed by atoms with van der Waals surface area (Å²) in [5.74, 6) is -0.0714. The molecule has 0 fully saturated rings. The van der Waals surface area contributed by atoms with Crippen molar-refractivity contribution in [3.05, 3.63) is 51.7 Å². The Bertz CT molecular complexity index is 616. The fourth-order valence-corrected chi connectivity index (χ4v) is 2.11. The van der Waals surface area contributed by atoms with E-state index < -0.39 is 0 Å². The average molecular weight is 355 g/mol. The van der Waals surface area contributed by atoms with Gasteiger partial charge in [0.15, 0.2) is 0 Å². The lowest BCUT2D eigenvalue weighted by Crippen LogP contribution is -2.12. The van der Waals surface area contributed by atoms with Crippen molar-refractivity contribution in [1.82, 2.24) is 4.98 Å². The Morgan fingerprint density at radius 1 is 1.35 bits per heavy atom. The Labute approximate surface area is 130 Å². The molecular formula is C14H13BrClN3O. The van der Waals surface area contributed by atoms with Crippen LogP contribution in [-0.2, 0) is 11.2 Å². The predicted octanol–water partition coefficient (Wildman–Crippen LogP) is 3.65. The normalized spacial score (nSPS) is 10.3. The van der Waals surface area contributed by atoms with Gasteiger partial charge < -0.3 is 11.1 Å². The zero-order valence-corrected chi connectivity index (χ0v) is 12.9. The minimum Gasteiger partial charge on any atom is -0.399 e. The molecule has 0 saturated carbocycles. The van der Waals surface area contributed by atoms with Gasteiger partial charge in [0.05, 0.1) is 16.4 Å². The average Bonchev–Trinajstić information content (AvgIpc) is 2.42. The first-order valence-electron chi connectivity index (χ1n) is 6.00. The molecule has 4 nitrogen and oxygen atoms in total. The Balaban J connectivity index is 1.89. The van der Waals surface area contributed by atoms with Crippen LogP contribution in [-0.4, -0.2) is 10.9 Å². The van der Waals surface area contributed by atoms with Crippen LogP contribution in [0.5, 0.6) is 0 Å². The molecule has 0 spiro atoms. The van der Waals surface area contributed by atoms with E-state index in [0.717, 1.165) is 11.3 Å². The molecule has 2 rings (SSSR count). The van der Waals surface area contributed by atoms with E-state index in [1.54, 1.807) is 6.07 Å². The van der Waals surface area contributed by atoms with Crippen molar-refractivity contribution in [1.29, 1.82) is 0 Å². The molecule has 1 aromatic heterocycles. The number of nitrogens with zero attached hydrogens (tertiary/aromatic N) is 1. The number of nitrogens with one attached hydrogen (secondary N) is 1. The first-order valence-corrected chi connectivity index (χ1v) is 7.17. The lowest BCUT2D eigenvalue weighted by molar-refractivity contribution is -0.116. The van der Waals surface area contributed by atoms with E-state index in [1.165, 1.54) is 6.20 Å². The third-order valence-corrected chi connectivity index (χ3v) is 3.83. The molecule has 1 aromatic carbocycles. The molecule has 0 atom stereocenters. The number of aromatic nitrogens is 1. The molecule has 104 valence electrons. The van der Waals surface area contributed by atoms with Gasteiger partial charge in [-0.15, -0.1) is 0 Å². The second-order valence-corrected chi connectivity index (χ2v) is 5.50. The van der Waals surface area contributed by atoms with Gasteiger partial charge in [-0.05, 0) is 46.1 Å². The first-order chi connectivity index (χ1) is 9.54. The van der Waals surface area contributed by atoms with E-state index in [4.69, 9.17) is 17.3 Å². The topological polar surface area (TPSA) is 68.0 Å². The number of aryl methyl sites for hydroxylation is 1. The molecule has 0 aliphatic carbocycles. The zero-order chi connectivity index (χ0) is 14.5. The van der Waals surface area contributed by atoms with E-state index >= 15 is 0 Å². The van der Waals surface area contributed by atoms with Gasteiger partial charge in [-0.25, -0.2) is 4.98 Å². The number of amides is 1. The quantitative estimate of drug-likeness (QED) is 0.650. The fourth-order valence-electron chi connectivity index (χ4n) is 1.66. The summed E-state index contributed by atoms with van der Waals surface area (Å²) in [5.41, 5.74) is 8.02. The molecular weight excluding hydrogens is 342 g/mol. The van der Waals surface area contributed by atoms with Gasteiger partial charge in [-0.2, -0.15) is 0 Å². The van der Waals surface area contributed by atoms with Crippen molar-refractivity contribution in [3.8, 4) is 0 Å². The molecule has 20 heavy (non-hydrogen) atoms. The lowest BCUT2D eigenvalue weighted by Gasteiger charge is -2.06. The lowest BCUT2D eigenvalue weighted by atomic mass is 10.1. The second-order valence-electron chi connectivity index (χ2n) is 4.29. The van der Waals surface area contributed by atoms with Gasteiger partial charge in [0, 0.05) is 12.1 Å². The molecule has 0 bridgehead atoms. The summed E-state index contributed by atoms with van der Waals surface area (Å²) in [6, 6.07) is 9.21. The summed E-state index contributed by atoms with van der Waals surface area (Å²) in [6.45, 7) is 0. The van der Waals surface area contributed by atoms with Crippen LogP contribution in [0.1, 0.15) is 12.0 Å². The standard InChI is InChI=1S/C14H13BrClN3O/c15-12-7-11(8-18-14(12)16)19-13(20)6-3-9-1-4-10(17)5-2-9/h1-2,4-5,7-8H,3,6,17H2,(H,19,20). The molecule has 0 radical (unpaired) electrons. The van der Waals surface area contributed by atoms with Crippen molar-refractivity contribution < 1.29 is 4.79 Å². The van der Waals surface area contributed by atoms with E-state index in [9.17, 15) is 4.79 Å². The van der Waals surface area contributed by atoms with Gasteiger partial charge in [0.1, 0.15) is 5.15 Å². The number of benzene rings is 1. The van der Waals surface area contributed by atoms with Gasteiger partial charge in [-0.3, -0.25) is 4.79 Å². The highest BCUT2D eigenvalue weighted by Crippen LogP contribution is 2.22. The predicted molar refractivity (Wildman–Crippen MR) is 84.8 cm³/mol. The largest absolute Gasteiger partial charge is 0.399 e. The summed E-state index contributed by atoms with van der Waals surface area (Å²) in [7, 11) is 0. The monoisotopic (exact) mass is 353 g/mol. The molecule has 0 aliphatic heterocycles. The number of pyridine rings is 1. The van der Waals surface area contributed by atoms with Crippen LogP contribution in [0.15, 0.2) is 41.0 Å². The number of halogens is 2. The minimum atomic E-state index is -0.0714. The van der Waals surface area contributed by atoms with Crippen molar-refractivity contribution in [2.24, 2.45) is 0 Å². The summed E-state index contributed by atoms with van der Waals surface area (Å²) < 4.78 is 0.649. The molecule has 0 saturated heterocycles. The summed E-state index contributed by atoms with van der Waals surface area (Å²) in [4.78, 5) is 15.8. The molecule has 2 aromatic rings. The Morgan fingerprint density at radius 3 is 2.70 bits per heavy atom. The van der Waals surface area contributed by atoms with Crippen LogP contribution < -0.4 is 11.1 Å². The van der Waals surface area contributed by atoms with E-state index in [0.29, 0.717) is 28.2 Å². The highest BCUT2D eigenvalue weighted by molar-refractivity contribution is 9.10. The highest BCUT2D eigenvalue weighted by Gasteiger charge is 2.05.